The highest BCUT2D eigenvalue weighted by molar-refractivity contribution is 5.55. The summed E-state index contributed by atoms with van der Waals surface area (Å²) in [6, 6.07) is 5.60. The number of nitrogens with one attached hydrogen (secondary N) is 1. The van der Waals surface area contributed by atoms with Gasteiger partial charge in [-0.1, -0.05) is 0 Å². The lowest BCUT2D eigenvalue weighted by atomic mass is 10.3. The minimum absolute atomic E-state index is 0.119. The normalized spacial score (nSPS) is 13.0. The molecule has 1 aromatic carbocycles. The van der Waals surface area contributed by atoms with Crippen LogP contribution in [0, 0.1) is 0 Å². The van der Waals surface area contributed by atoms with Crippen molar-refractivity contribution < 1.29 is 14.6 Å². The quantitative estimate of drug-likeness (QED) is 0.724. The van der Waals surface area contributed by atoms with Crippen molar-refractivity contribution in [2.75, 3.05) is 25.3 Å². The largest absolute Gasteiger partial charge is 0.454 e. The van der Waals surface area contributed by atoms with Crippen molar-refractivity contribution in [3.8, 4) is 11.5 Å². The van der Waals surface area contributed by atoms with Crippen molar-refractivity contribution in [1.82, 2.24) is 0 Å². The van der Waals surface area contributed by atoms with E-state index in [4.69, 9.17) is 14.6 Å². The van der Waals surface area contributed by atoms with Gasteiger partial charge in [-0.05, 0) is 12.1 Å². The van der Waals surface area contributed by atoms with Crippen LogP contribution in [0.5, 0.6) is 11.5 Å². The van der Waals surface area contributed by atoms with Gasteiger partial charge in [-0.15, -0.1) is 0 Å². The van der Waals surface area contributed by atoms with Gasteiger partial charge in [-0.25, -0.2) is 0 Å². The summed E-state index contributed by atoms with van der Waals surface area (Å²) in [5, 5.41) is 11.6. The summed E-state index contributed by atoms with van der Waals surface area (Å²) in [5.41, 5.74) is 0.929. The Bertz CT molecular complexity index is 301. The van der Waals surface area contributed by atoms with Crippen LogP contribution >= 0.6 is 0 Å². The second kappa shape index (κ2) is 3.53. The zero-order chi connectivity index (χ0) is 9.10. The van der Waals surface area contributed by atoms with Gasteiger partial charge in [0.05, 0.1) is 6.61 Å². The first-order valence-electron chi connectivity index (χ1n) is 4.14. The number of fused-ring (bicyclic) bond motifs is 1. The van der Waals surface area contributed by atoms with Crippen molar-refractivity contribution >= 4 is 5.69 Å². The highest BCUT2D eigenvalue weighted by atomic mass is 16.7. The van der Waals surface area contributed by atoms with Crippen molar-refractivity contribution in [2.45, 2.75) is 0 Å². The number of benzene rings is 1. The van der Waals surface area contributed by atoms with Crippen LogP contribution in [0.15, 0.2) is 18.2 Å². The number of hydrogen-bond donors (Lipinski definition) is 2. The first-order valence-corrected chi connectivity index (χ1v) is 4.14. The molecular formula is C9H11NO3. The summed E-state index contributed by atoms with van der Waals surface area (Å²) in [6.07, 6.45) is 0. The maximum Gasteiger partial charge on any atom is 0.231 e. The van der Waals surface area contributed by atoms with Crippen LogP contribution in [0.2, 0.25) is 0 Å². The summed E-state index contributed by atoms with van der Waals surface area (Å²) >= 11 is 0. The smallest absolute Gasteiger partial charge is 0.231 e. The molecule has 0 radical (unpaired) electrons. The molecule has 0 aliphatic carbocycles. The van der Waals surface area contributed by atoms with Gasteiger partial charge in [0.15, 0.2) is 11.5 Å². The van der Waals surface area contributed by atoms with Gasteiger partial charge in [0.25, 0.3) is 0 Å². The van der Waals surface area contributed by atoms with Gasteiger partial charge in [0.2, 0.25) is 6.79 Å². The molecule has 0 saturated carbocycles. The summed E-state index contributed by atoms with van der Waals surface area (Å²) in [4.78, 5) is 0. The fourth-order valence-corrected chi connectivity index (χ4v) is 1.21. The molecule has 0 fully saturated rings. The van der Waals surface area contributed by atoms with Gasteiger partial charge in [-0.2, -0.15) is 0 Å². The number of anilines is 1. The Morgan fingerprint density at radius 3 is 3.00 bits per heavy atom. The molecule has 4 nitrogen and oxygen atoms in total. The van der Waals surface area contributed by atoms with Gasteiger partial charge < -0.3 is 19.9 Å². The summed E-state index contributed by atoms with van der Waals surface area (Å²) in [6.45, 7) is 0.951. The maximum absolute atomic E-state index is 8.60. The molecule has 1 aliphatic heterocycles. The Balaban J connectivity index is 2.12. The number of rotatable bonds is 3. The molecule has 2 N–H and O–H groups in total. The average molecular weight is 181 g/mol. The van der Waals surface area contributed by atoms with Crippen LogP contribution in [0.1, 0.15) is 0 Å². The molecule has 0 bridgehead atoms. The van der Waals surface area contributed by atoms with Gasteiger partial charge in [0, 0.05) is 18.3 Å². The molecular weight excluding hydrogens is 170 g/mol. The van der Waals surface area contributed by atoms with E-state index >= 15 is 0 Å². The fourth-order valence-electron chi connectivity index (χ4n) is 1.21. The van der Waals surface area contributed by atoms with Crippen molar-refractivity contribution in [3.05, 3.63) is 18.2 Å². The fraction of sp³-hybridized carbons (Fsp3) is 0.333. The molecule has 1 heterocycles. The van der Waals surface area contributed by atoms with Gasteiger partial charge in [-0.3, -0.25) is 0 Å². The molecule has 1 aliphatic rings. The first-order chi connectivity index (χ1) is 6.40. The van der Waals surface area contributed by atoms with Gasteiger partial charge >= 0.3 is 0 Å². The monoisotopic (exact) mass is 181 g/mol. The minimum Gasteiger partial charge on any atom is -0.454 e. The van der Waals surface area contributed by atoms with Gasteiger partial charge in [0.1, 0.15) is 0 Å². The third-order valence-corrected chi connectivity index (χ3v) is 1.81. The zero-order valence-corrected chi connectivity index (χ0v) is 7.12. The van der Waals surface area contributed by atoms with E-state index in [1.54, 1.807) is 0 Å². The second-order valence-electron chi connectivity index (χ2n) is 2.72. The molecule has 0 spiro atoms. The van der Waals surface area contributed by atoms with E-state index in [9.17, 15) is 0 Å². The Morgan fingerprint density at radius 1 is 1.31 bits per heavy atom. The third kappa shape index (κ3) is 1.67. The van der Waals surface area contributed by atoms with Crippen molar-refractivity contribution in [3.63, 3.8) is 0 Å². The predicted molar refractivity (Wildman–Crippen MR) is 48.1 cm³/mol. The van der Waals surface area contributed by atoms with E-state index in [0.29, 0.717) is 13.3 Å². The lowest BCUT2D eigenvalue weighted by Gasteiger charge is -2.04. The lowest BCUT2D eigenvalue weighted by Crippen LogP contribution is -2.04. The van der Waals surface area contributed by atoms with E-state index in [-0.39, 0.29) is 6.61 Å². The maximum atomic E-state index is 8.60. The Labute approximate surface area is 76.1 Å². The van der Waals surface area contributed by atoms with Crippen molar-refractivity contribution in [1.29, 1.82) is 0 Å². The Hall–Kier alpha value is -1.42. The van der Waals surface area contributed by atoms with Crippen LogP contribution in [0.4, 0.5) is 5.69 Å². The highest BCUT2D eigenvalue weighted by Gasteiger charge is 2.12. The Kier molecular flexibility index (Phi) is 2.23. The molecule has 0 unspecified atom stereocenters. The van der Waals surface area contributed by atoms with Crippen LogP contribution in [0.25, 0.3) is 0 Å². The summed E-state index contributed by atoms with van der Waals surface area (Å²) in [7, 11) is 0. The van der Waals surface area contributed by atoms with Crippen molar-refractivity contribution in [2.24, 2.45) is 0 Å². The second-order valence-corrected chi connectivity index (χ2v) is 2.72. The minimum atomic E-state index is 0.119. The molecule has 0 amide bonds. The third-order valence-electron chi connectivity index (χ3n) is 1.81. The molecule has 1 aromatic rings. The standard InChI is InChI=1S/C9H11NO3/c11-4-3-10-7-1-2-8-9(5-7)13-6-12-8/h1-2,5,10-11H,3-4,6H2. The topological polar surface area (TPSA) is 50.7 Å². The van der Waals surface area contributed by atoms with Crippen LogP contribution < -0.4 is 14.8 Å². The van der Waals surface area contributed by atoms with Crippen LogP contribution in [0.3, 0.4) is 0 Å². The molecule has 13 heavy (non-hydrogen) atoms. The lowest BCUT2D eigenvalue weighted by molar-refractivity contribution is 0.174. The molecule has 0 aromatic heterocycles. The number of aliphatic hydroxyl groups is 1. The highest BCUT2D eigenvalue weighted by Crippen LogP contribution is 2.33. The number of hydrogen-bond acceptors (Lipinski definition) is 4. The average Bonchev–Trinajstić information content (AvgIpc) is 2.61. The summed E-state index contributed by atoms with van der Waals surface area (Å²) < 4.78 is 10.4. The number of aliphatic hydroxyl groups excluding tert-OH is 1. The van der Waals surface area contributed by atoms with E-state index in [1.165, 1.54) is 0 Å². The van der Waals surface area contributed by atoms with Crippen LogP contribution in [-0.4, -0.2) is 25.1 Å². The molecule has 0 atom stereocenters. The number of ether oxygens (including phenoxy) is 2. The molecule has 0 saturated heterocycles. The van der Waals surface area contributed by atoms with E-state index < -0.39 is 0 Å². The molecule has 2 rings (SSSR count). The predicted octanol–water partition coefficient (Wildman–Crippen LogP) is 0.819. The first kappa shape index (κ1) is 8.19. The van der Waals surface area contributed by atoms with E-state index in [0.717, 1.165) is 17.2 Å². The molecule has 70 valence electrons. The Morgan fingerprint density at radius 2 is 2.15 bits per heavy atom. The van der Waals surface area contributed by atoms with Crippen LogP contribution in [-0.2, 0) is 0 Å². The molecule has 4 heteroatoms. The SMILES string of the molecule is OCCNc1ccc2c(c1)OCO2. The zero-order valence-electron chi connectivity index (χ0n) is 7.12. The van der Waals surface area contributed by atoms with E-state index in [2.05, 4.69) is 5.32 Å². The van der Waals surface area contributed by atoms with E-state index in [1.807, 2.05) is 18.2 Å². The summed E-state index contributed by atoms with van der Waals surface area (Å²) in [5.74, 6) is 1.53.